The number of rotatable bonds is 5. The Balaban J connectivity index is 1.64. The van der Waals surface area contributed by atoms with Crippen LogP contribution in [0.5, 0.6) is 0 Å². The third-order valence-electron chi connectivity index (χ3n) is 3.61. The van der Waals surface area contributed by atoms with Gasteiger partial charge in [-0.05, 0) is 40.9 Å². The standard InChI is InChI=1S/C17H18N4O2S/c1-12-4-2-3-5-14(12)21-16(6-8-19-21)20-17(23)18-10-15(22)13-7-9-24-11-13/h2-9,11,15,22H,10H2,1H3,(H2,18,20,23)/t15-/m1/s1. The molecular formula is C17H18N4O2S. The molecule has 0 aliphatic heterocycles. The fourth-order valence-electron chi connectivity index (χ4n) is 2.32. The molecule has 2 heterocycles. The Labute approximate surface area is 143 Å². The number of urea groups is 1. The van der Waals surface area contributed by atoms with Crippen molar-refractivity contribution in [1.82, 2.24) is 15.1 Å². The average molecular weight is 342 g/mol. The SMILES string of the molecule is Cc1ccccc1-n1nccc1NC(=O)NC[C@@H](O)c1ccsc1. The van der Waals surface area contributed by atoms with Crippen molar-refractivity contribution < 1.29 is 9.90 Å². The van der Waals surface area contributed by atoms with Crippen LogP contribution in [0.1, 0.15) is 17.2 Å². The molecule has 3 rings (SSSR count). The molecule has 0 saturated heterocycles. The molecule has 0 unspecified atom stereocenters. The molecule has 0 spiro atoms. The second kappa shape index (κ2) is 7.29. The van der Waals surface area contributed by atoms with Gasteiger partial charge in [0.1, 0.15) is 5.82 Å². The van der Waals surface area contributed by atoms with Gasteiger partial charge in [0, 0.05) is 12.6 Å². The fourth-order valence-corrected chi connectivity index (χ4v) is 3.03. The lowest BCUT2D eigenvalue weighted by Crippen LogP contribution is -2.33. The van der Waals surface area contributed by atoms with Crippen LogP contribution in [0.2, 0.25) is 0 Å². The number of aliphatic hydroxyl groups excluding tert-OH is 1. The van der Waals surface area contributed by atoms with Crippen LogP contribution in [0.25, 0.3) is 5.69 Å². The maximum Gasteiger partial charge on any atom is 0.320 e. The van der Waals surface area contributed by atoms with E-state index >= 15 is 0 Å². The van der Waals surface area contributed by atoms with E-state index in [1.54, 1.807) is 16.9 Å². The summed E-state index contributed by atoms with van der Waals surface area (Å²) in [5.74, 6) is 0.562. The van der Waals surface area contributed by atoms with Crippen LogP contribution in [-0.4, -0.2) is 27.5 Å². The summed E-state index contributed by atoms with van der Waals surface area (Å²) in [6, 6.07) is 11.0. The Morgan fingerprint density at radius 1 is 1.33 bits per heavy atom. The number of para-hydroxylation sites is 1. The zero-order valence-corrected chi connectivity index (χ0v) is 14.0. The van der Waals surface area contributed by atoms with Gasteiger partial charge in [-0.2, -0.15) is 16.4 Å². The Kier molecular flexibility index (Phi) is 4.93. The smallest absolute Gasteiger partial charge is 0.320 e. The van der Waals surface area contributed by atoms with E-state index < -0.39 is 6.10 Å². The molecule has 0 bridgehead atoms. The lowest BCUT2D eigenvalue weighted by Gasteiger charge is -2.13. The van der Waals surface area contributed by atoms with Gasteiger partial charge in [-0.3, -0.25) is 5.32 Å². The second-order valence-corrected chi connectivity index (χ2v) is 6.10. The summed E-state index contributed by atoms with van der Waals surface area (Å²) in [7, 11) is 0. The minimum atomic E-state index is -0.719. The average Bonchev–Trinajstić information content (AvgIpc) is 3.25. The predicted octanol–water partition coefficient (Wildman–Crippen LogP) is 3.10. The predicted molar refractivity (Wildman–Crippen MR) is 94.6 cm³/mol. The van der Waals surface area contributed by atoms with Crippen molar-refractivity contribution in [2.75, 3.05) is 11.9 Å². The van der Waals surface area contributed by atoms with E-state index in [2.05, 4.69) is 15.7 Å². The molecular weight excluding hydrogens is 324 g/mol. The second-order valence-electron chi connectivity index (χ2n) is 5.32. The van der Waals surface area contributed by atoms with E-state index in [0.717, 1.165) is 16.8 Å². The molecule has 3 aromatic rings. The molecule has 124 valence electrons. The summed E-state index contributed by atoms with van der Waals surface area (Å²) in [5, 5.41) is 23.4. The highest BCUT2D eigenvalue weighted by atomic mass is 32.1. The summed E-state index contributed by atoms with van der Waals surface area (Å²) in [5.41, 5.74) is 2.75. The van der Waals surface area contributed by atoms with Crippen LogP contribution in [0.3, 0.4) is 0 Å². The third-order valence-corrected chi connectivity index (χ3v) is 4.31. The van der Waals surface area contributed by atoms with Crippen LogP contribution >= 0.6 is 11.3 Å². The number of aromatic nitrogens is 2. The third kappa shape index (κ3) is 3.64. The van der Waals surface area contributed by atoms with Crippen LogP contribution in [-0.2, 0) is 0 Å². The summed E-state index contributed by atoms with van der Waals surface area (Å²) >= 11 is 1.51. The van der Waals surface area contributed by atoms with Gasteiger partial charge in [0.15, 0.2) is 0 Å². The number of nitrogens with zero attached hydrogens (tertiary/aromatic N) is 2. The normalized spacial score (nSPS) is 11.9. The molecule has 0 aliphatic carbocycles. The number of carbonyl (C=O) groups excluding carboxylic acids is 1. The lowest BCUT2D eigenvalue weighted by atomic mass is 10.2. The Morgan fingerprint density at radius 2 is 2.17 bits per heavy atom. The van der Waals surface area contributed by atoms with Gasteiger partial charge in [0.2, 0.25) is 0 Å². The van der Waals surface area contributed by atoms with Crippen molar-refractivity contribution in [2.45, 2.75) is 13.0 Å². The van der Waals surface area contributed by atoms with Crippen molar-refractivity contribution in [3.63, 3.8) is 0 Å². The summed E-state index contributed by atoms with van der Waals surface area (Å²) in [4.78, 5) is 12.1. The molecule has 2 amide bonds. The molecule has 24 heavy (non-hydrogen) atoms. The molecule has 0 radical (unpaired) electrons. The number of amides is 2. The number of carbonyl (C=O) groups is 1. The summed E-state index contributed by atoms with van der Waals surface area (Å²) in [6.07, 6.45) is 0.908. The Morgan fingerprint density at radius 3 is 2.92 bits per heavy atom. The summed E-state index contributed by atoms with van der Waals surface area (Å²) < 4.78 is 1.67. The molecule has 7 heteroatoms. The zero-order chi connectivity index (χ0) is 16.9. The molecule has 0 saturated carbocycles. The van der Waals surface area contributed by atoms with Crippen molar-refractivity contribution in [2.24, 2.45) is 0 Å². The Hall–Kier alpha value is -2.64. The van der Waals surface area contributed by atoms with E-state index in [1.807, 2.05) is 48.0 Å². The van der Waals surface area contributed by atoms with Gasteiger partial charge in [0.25, 0.3) is 0 Å². The number of aryl methyl sites for hydroxylation is 1. The van der Waals surface area contributed by atoms with Crippen LogP contribution in [0.15, 0.2) is 53.4 Å². The number of hydrogen-bond donors (Lipinski definition) is 3. The first kappa shape index (κ1) is 16.2. The van der Waals surface area contributed by atoms with E-state index in [0.29, 0.717) is 5.82 Å². The van der Waals surface area contributed by atoms with Crippen molar-refractivity contribution in [1.29, 1.82) is 0 Å². The van der Waals surface area contributed by atoms with E-state index in [-0.39, 0.29) is 12.6 Å². The van der Waals surface area contributed by atoms with Gasteiger partial charge in [-0.1, -0.05) is 18.2 Å². The highest BCUT2D eigenvalue weighted by molar-refractivity contribution is 7.07. The molecule has 1 aromatic carbocycles. The topological polar surface area (TPSA) is 79.2 Å². The van der Waals surface area contributed by atoms with Gasteiger partial charge in [-0.15, -0.1) is 0 Å². The van der Waals surface area contributed by atoms with Crippen molar-refractivity contribution in [3.05, 3.63) is 64.5 Å². The molecule has 2 aromatic heterocycles. The zero-order valence-electron chi connectivity index (χ0n) is 13.1. The minimum Gasteiger partial charge on any atom is -0.387 e. The molecule has 3 N–H and O–H groups in total. The Bertz CT molecular complexity index is 814. The van der Waals surface area contributed by atoms with Crippen LogP contribution < -0.4 is 10.6 Å². The highest BCUT2D eigenvalue weighted by Gasteiger charge is 2.12. The number of benzene rings is 1. The first-order valence-corrected chi connectivity index (χ1v) is 8.44. The van der Waals surface area contributed by atoms with Crippen LogP contribution in [0, 0.1) is 6.92 Å². The number of thiophene rings is 1. The number of anilines is 1. The number of aliphatic hydroxyl groups is 1. The van der Waals surface area contributed by atoms with Crippen molar-refractivity contribution >= 4 is 23.2 Å². The maximum absolute atomic E-state index is 12.1. The highest BCUT2D eigenvalue weighted by Crippen LogP contribution is 2.18. The van der Waals surface area contributed by atoms with Gasteiger partial charge in [-0.25, -0.2) is 9.48 Å². The monoisotopic (exact) mass is 342 g/mol. The largest absolute Gasteiger partial charge is 0.387 e. The summed E-state index contributed by atoms with van der Waals surface area (Å²) in [6.45, 7) is 2.12. The molecule has 0 fully saturated rings. The fraction of sp³-hybridized carbons (Fsp3) is 0.176. The lowest BCUT2D eigenvalue weighted by molar-refractivity contribution is 0.175. The number of nitrogens with one attached hydrogen (secondary N) is 2. The van der Waals surface area contributed by atoms with E-state index in [9.17, 15) is 9.90 Å². The van der Waals surface area contributed by atoms with Crippen LogP contribution in [0.4, 0.5) is 10.6 Å². The van der Waals surface area contributed by atoms with E-state index in [1.165, 1.54) is 11.3 Å². The first-order valence-electron chi connectivity index (χ1n) is 7.50. The van der Waals surface area contributed by atoms with E-state index in [4.69, 9.17) is 0 Å². The first-order chi connectivity index (χ1) is 11.6. The van der Waals surface area contributed by atoms with Gasteiger partial charge < -0.3 is 10.4 Å². The molecule has 0 aliphatic rings. The van der Waals surface area contributed by atoms with Crippen molar-refractivity contribution in [3.8, 4) is 5.69 Å². The van der Waals surface area contributed by atoms with Gasteiger partial charge >= 0.3 is 6.03 Å². The minimum absolute atomic E-state index is 0.140. The molecule has 6 nitrogen and oxygen atoms in total. The number of hydrogen-bond acceptors (Lipinski definition) is 4. The van der Waals surface area contributed by atoms with Gasteiger partial charge in [0.05, 0.1) is 18.0 Å². The quantitative estimate of drug-likeness (QED) is 0.666. The maximum atomic E-state index is 12.1. The molecule has 1 atom stereocenters.